The average Bonchev–Trinajstić information content (AvgIpc) is 2.37. The summed E-state index contributed by atoms with van der Waals surface area (Å²) in [5.41, 5.74) is 1.27. The normalized spacial score (nSPS) is 11.0. The molecule has 0 spiro atoms. The summed E-state index contributed by atoms with van der Waals surface area (Å²) in [7, 11) is 0. The lowest BCUT2D eigenvalue weighted by Crippen LogP contribution is -2.45. The lowest BCUT2D eigenvalue weighted by Gasteiger charge is -2.26. The zero-order valence-electron chi connectivity index (χ0n) is 13.5. The van der Waals surface area contributed by atoms with Gasteiger partial charge in [0.15, 0.2) is 0 Å². The molecule has 5 nitrogen and oxygen atoms in total. The van der Waals surface area contributed by atoms with Crippen molar-refractivity contribution in [3.63, 3.8) is 0 Å². The first kappa shape index (κ1) is 18.0. The Hall–Kier alpha value is -2.04. The largest absolute Gasteiger partial charge is 0.481 e. The molecule has 0 unspecified atom stereocenters. The number of ether oxygens (including phenoxy) is 1. The summed E-state index contributed by atoms with van der Waals surface area (Å²) in [5.74, 6) is -0.853. The number of carbonyl (C=O) groups is 2. The van der Waals surface area contributed by atoms with Gasteiger partial charge < -0.3 is 15.2 Å². The van der Waals surface area contributed by atoms with E-state index >= 15 is 0 Å². The van der Waals surface area contributed by atoms with E-state index in [9.17, 15) is 9.59 Å². The molecule has 0 aliphatic carbocycles. The minimum atomic E-state index is -0.853. The van der Waals surface area contributed by atoms with E-state index in [2.05, 4.69) is 5.32 Å². The number of unbranched alkanes of at least 4 members (excludes halogenated alkanes) is 1. The summed E-state index contributed by atoms with van der Waals surface area (Å²) in [6.45, 7) is 6.29. The van der Waals surface area contributed by atoms with Crippen molar-refractivity contribution in [3.8, 4) is 0 Å². The van der Waals surface area contributed by atoms with Gasteiger partial charge in [-0.2, -0.15) is 0 Å². The predicted octanol–water partition coefficient (Wildman–Crippen LogP) is 3.16. The number of alkyl carbamates (subject to hydrolysis) is 1. The molecular formula is C17H25NO4. The Balaban J connectivity index is 2.59. The first-order valence-corrected chi connectivity index (χ1v) is 7.57. The maximum Gasteiger partial charge on any atom is 0.407 e. The maximum absolute atomic E-state index is 11.7. The zero-order chi connectivity index (χ0) is 16.6. The SMILES string of the molecule is CCCCOC(=O)NC(C)(C)Cc1cccc(CC(=O)O)c1. The number of carboxylic acid groups (broad SMARTS) is 1. The topological polar surface area (TPSA) is 75.6 Å². The monoisotopic (exact) mass is 307 g/mol. The van der Waals surface area contributed by atoms with Crippen LogP contribution < -0.4 is 5.32 Å². The lowest BCUT2D eigenvalue weighted by molar-refractivity contribution is -0.136. The van der Waals surface area contributed by atoms with Crippen molar-refractivity contribution in [1.29, 1.82) is 0 Å². The molecule has 2 N–H and O–H groups in total. The number of hydrogen-bond acceptors (Lipinski definition) is 3. The fraction of sp³-hybridized carbons (Fsp3) is 0.529. The second kappa shape index (κ2) is 8.41. The number of carboxylic acids is 1. The molecule has 0 radical (unpaired) electrons. The van der Waals surface area contributed by atoms with Crippen LogP contribution in [0.25, 0.3) is 0 Å². The molecule has 22 heavy (non-hydrogen) atoms. The number of carbonyl (C=O) groups excluding carboxylic acids is 1. The summed E-state index contributed by atoms with van der Waals surface area (Å²) in [6.07, 6.45) is 2.02. The molecule has 0 atom stereocenters. The quantitative estimate of drug-likeness (QED) is 0.723. The molecule has 0 bridgehead atoms. The van der Waals surface area contributed by atoms with Gasteiger partial charge in [-0.3, -0.25) is 4.79 Å². The highest BCUT2D eigenvalue weighted by Crippen LogP contribution is 2.15. The molecule has 1 aromatic carbocycles. The Morgan fingerprint density at radius 2 is 1.95 bits per heavy atom. The van der Waals surface area contributed by atoms with Gasteiger partial charge in [-0.05, 0) is 37.8 Å². The molecule has 0 saturated heterocycles. The molecule has 5 heteroatoms. The molecule has 1 rings (SSSR count). The van der Waals surface area contributed by atoms with Crippen molar-refractivity contribution >= 4 is 12.1 Å². The minimum Gasteiger partial charge on any atom is -0.481 e. The van der Waals surface area contributed by atoms with Gasteiger partial charge in [0.25, 0.3) is 0 Å². The van der Waals surface area contributed by atoms with Crippen LogP contribution in [0.15, 0.2) is 24.3 Å². The fourth-order valence-electron chi connectivity index (χ4n) is 2.20. The van der Waals surface area contributed by atoms with Crippen LogP contribution in [-0.4, -0.2) is 29.3 Å². The Morgan fingerprint density at radius 3 is 2.59 bits per heavy atom. The molecule has 0 fully saturated rings. The summed E-state index contributed by atoms with van der Waals surface area (Å²) in [5, 5.41) is 11.7. The van der Waals surface area contributed by atoms with E-state index in [0.717, 1.165) is 24.0 Å². The molecule has 0 aliphatic rings. The van der Waals surface area contributed by atoms with E-state index in [1.165, 1.54) is 0 Å². The molecule has 1 amide bonds. The van der Waals surface area contributed by atoms with Gasteiger partial charge in [0.05, 0.1) is 13.0 Å². The number of nitrogens with one attached hydrogen (secondary N) is 1. The van der Waals surface area contributed by atoms with Crippen molar-refractivity contribution in [2.75, 3.05) is 6.61 Å². The first-order valence-electron chi connectivity index (χ1n) is 7.57. The second-order valence-electron chi connectivity index (χ2n) is 6.07. The van der Waals surface area contributed by atoms with Crippen LogP contribution in [0.1, 0.15) is 44.7 Å². The first-order chi connectivity index (χ1) is 10.3. The average molecular weight is 307 g/mol. The van der Waals surface area contributed by atoms with E-state index in [1.54, 1.807) is 6.07 Å². The van der Waals surface area contributed by atoms with Crippen LogP contribution in [-0.2, 0) is 22.4 Å². The Kier molecular flexibility index (Phi) is 6.89. The Labute approximate surface area is 131 Å². The Morgan fingerprint density at radius 1 is 1.27 bits per heavy atom. The van der Waals surface area contributed by atoms with Crippen LogP contribution in [0.4, 0.5) is 4.79 Å². The van der Waals surface area contributed by atoms with Crippen molar-refractivity contribution < 1.29 is 19.4 Å². The van der Waals surface area contributed by atoms with Crippen molar-refractivity contribution in [1.82, 2.24) is 5.32 Å². The molecule has 0 aliphatic heterocycles. The van der Waals surface area contributed by atoms with Crippen LogP contribution >= 0.6 is 0 Å². The van der Waals surface area contributed by atoms with Crippen LogP contribution in [0.5, 0.6) is 0 Å². The molecule has 0 heterocycles. The summed E-state index contributed by atoms with van der Waals surface area (Å²) < 4.78 is 5.10. The third-order valence-corrected chi connectivity index (χ3v) is 3.16. The third-order valence-electron chi connectivity index (χ3n) is 3.16. The van der Waals surface area contributed by atoms with Gasteiger partial charge >= 0.3 is 12.1 Å². The molecule has 122 valence electrons. The smallest absolute Gasteiger partial charge is 0.407 e. The van der Waals surface area contributed by atoms with Crippen molar-refractivity contribution in [2.24, 2.45) is 0 Å². The number of amides is 1. The van der Waals surface area contributed by atoms with Crippen molar-refractivity contribution in [3.05, 3.63) is 35.4 Å². The molecule has 0 saturated carbocycles. The number of aliphatic carboxylic acids is 1. The Bertz CT molecular complexity index is 511. The van der Waals surface area contributed by atoms with Gasteiger partial charge in [-0.25, -0.2) is 4.79 Å². The van der Waals surface area contributed by atoms with E-state index < -0.39 is 17.6 Å². The lowest BCUT2D eigenvalue weighted by atomic mass is 9.94. The van der Waals surface area contributed by atoms with E-state index in [1.807, 2.05) is 39.0 Å². The fourth-order valence-corrected chi connectivity index (χ4v) is 2.20. The summed E-state index contributed by atoms with van der Waals surface area (Å²) >= 11 is 0. The molecule has 1 aromatic rings. The van der Waals surface area contributed by atoms with Gasteiger partial charge in [-0.15, -0.1) is 0 Å². The van der Waals surface area contributed by atoms with Crippen LogP contribution in [0.3, 0.4) is 0 Å². The highest BCUT2D eigenvalue weighted by atomic mass is 16.5. The standard InChI is InChI=1S/C17H25NO4/c1-4-5-9-22-16(21)18-17(2,3)12-14-8-6-7-13(10-14)11-15(19)20/h6-8,10H,4-5,9,11-12H2,1-3H3,(H,18,21)(H,19,20). The van der Waals surface area contributed by atoms with Gasteiger partial charge in [0.1, 0.15) is 0 Å². The van der Waals surface area contributed by atoms with E-state index in [-0.39, 0.29) is 6.42 Å². The summed E-state index contributed by atoms with van der Waals surface area (Å²) in [4.78, 5) is 22.5. The molecular weight excluding hydrogens is 282 g/mol. The van der Waals surface area contributed by atoms with Gasteiger partial charge in [-0.1, -0.05) is 37.6 Å². The number of benzene rings is 1. The van der Waals surface area contributed by atoms with Crippen LogP contribution in [0, 0.1) is 0 Å². The van der Waals surface area contributed by atoms with Gasteiger partial charge in [0.2, 0.25) is 0 Å². The minimum absolute atomic E-state index is 0.000751. The maximum atomic E-state index is 11.7. The molecule has 0 aromatic heterocycles. The van der Waals surface area contributed by atoms with E-state index in [4.69, 9.17) is 9.84 Å². The van der Waals surface area contributed by atoms with Gasteiger partial charge in [0, 0.05) is 5.54 Å². The number of rotatable bonds is 8. The highest BCUT2D eigenvalue weighted by Gasteiger charge is 2.22. The third kappa shape index (κ3) is 7.11. The van der Waals surface area contributed by atoms with Crippen molar-refractivity contribution in [2.45, 2.75) is 52.0 Å². The predicted molar refractivity (Wildman–Crippen MR) is 85.0 cm³/mol. The summed E-state index contributed by atoms with van der Waals surface area (Å²) in [6, 6.07) is 7.41. The van der Waals surface area contributed by atoms with E-state index in [0.29, 0.717) is 13.0 Å². The number of hydrogen-bond donors (Lipinski definition) is 2. The van der Waals surface area contributed by atoms with Crippen LogP contribution in [0.2, 0.25) is 0 Å². The highest BCUT2D eigenvalue weighted by molar-refractivity contribution is 5.70. The zero-order valence-corrected chi connectivity index (χ0v) is 13.5. The second-order valence-corrected chi connectivity index (χ2v) is 6.07.